The zero-order valence-electron chi connectivity index (χ0n) is 4.97. The van der Waals surface area contributed by atoms with Crippen LogP contribution in [0.2, 0.25) is 0 Å². The van der Waals surface area contributed by atoms with Gasteiger partial charge in [-0.2, -0.15) is 6.08 Å². The largest absolute Gasteiger partial charge is 2.00 e. The van der Waals surface area contributed by atoms with Crippen LogP contribution in [-0.2, 0) is 19.8 Å². The van der Waals surface area contributed by atoms with Crippen molar-refractivity contribution in [1.82, 2.24) is 0 Å². The van der Waals surface area contributed by atoms with Gasteiger partial charge in [0.15, 0.2) is 0 Å². The van der Waals surface area contributed by atoms with Gasteiger partial charge in [0.2, 0.25) is 0 Å². The maximum atomic E-state index is 3.12. The Kier molecular flexibility index (Phi) is 18.0. The Labute approximate surface area is 104 Å². The van der Waals surface area contributed by atoms with Crippen LogP contribution in [0.5, 0.6) is 0 Å². The van der Waals surface area contributed by atoms with Crippen molar-refractivity contribution in [2.75, 3.05) is 0 Å². The summed E-state index contributed by atoms with van der Waals surface area (Å²) in [7, 11) is 0. The molecule has 0 aromatic carbocycles. The molecule has 0 heterocycles. The average molecular weight is 523 g/mol. The maximum Gasteiger partial charge on any atom is 2.00 e. The van der Waals surface area contributed by atoms with Gasteiger partial charge in [0, 0.05) is 0 Å². The maximum absolute atomic E-state index is 3.12. The summed E-state index contributed by atoms with van der Waals surface area (Å²) in [5, 5.41) is 0. The molecule has 0 amide bonds. The van der Waals surface area contributed by atoms with E-state index < -0.39 is 0 Å². The Hall–Kier alpha value is 1.58. The first kappa shape index (κ1) is 16.9. The van der Waals surface area contributed by atoms with Crippen LogP contribution < -0.4 is 48.0 Å². The number of allylic oxidation sites excluding steroid dienone is 4. The van der Waals surface area contributed by atoms with Gasteiger partial charge in [-0.1, -0.05) is 6.92 Å². The SMILES string of the molecule is CC1=[C-]CC=C1.[I-].[I-].[Os+2]. The molecule has 1 rings (SSSR count). The predicted octanol–water partition coefficient (Wildman–Crippen LogP) is -4.30. The van der Waals surface area contributed by atoms with Crippen LogP contribution in [0.25, 0.3) is 0 Å². The molecule has 1 aliphatic carbocycles. The van der Waals surface area contributed by atoms with Crippen LogP contribution in [0.15, 0.2) is 17.7 Å². The van der Waals surface area contributed by atoms with E-state index in [0.717, 1.165) is 6.42 Å². The van der Waals surface area contributed by atoms with E-state index in [9.17, 15) is 0 Å². The van der Waals surface area contributed by atoms with Crippen molar-refractivity contribution >= 4 is 0 Å². The van der Waals surface area contributed by atoms with Gasteiger partial charge in [0.1, 0.15) is 0 Å². The quantitative estimate of drug-likeness (QED) is 0.223. The number of hydrogen-bond acceptors (Lipinski definition) is 0. The molecule has 3 heteroatoms. The van der Waals surface area contributed by atoms with Crippen LogP contribution in [0.3, 0.4) is 0 Å². The van der Waals surface area contributed by atoms with Crippen LogP contribution in [0.1, 0.15) is 13.3 Å². The fraction of sp³-hybridized carbons (Fsp3) is 0.333. The first-order valence-electron chi connectivity index (χ1n) is 2.13. The van der Waals surface area contributed by atoms with E-state index in [2.05, 4.69) is 25.2 Å². The standard InChI is InChI=1S/C6H7.2HI.Os/c1-6-4-2-3-5-6;;;/h2,4H,3H2,1H3;2*1H;/q-1;;;+2/p-2. The van der Waals surface area contributed by atoms with Crippen molar-refractivity contribution in [3.63, 3.8) is 0 Å². The Morgan fingerprint density at radius 1 is 1.44 bits per heavy atom. The molecule has 0 aromatic heterocycles. The van der Waals surface area contributed by atoms with Gasteiger partial charge in [0.05, 0.1) is 0 Å². The van der Waals surface area contributed by atoms with E-state index in [-0.39, 0.29) is 67.7 Å². The average Bonchev–Trinajstić information content (AvgIpc) is 1.86. The summed E-state index contributed by atoms with van der Waals surface area (Å²) in [6.45, 7) is 2.06. The molecular formula is C6H7I2Os-. The second-order valence-electron chi connectivity index (χ2n) is 1.47. The molecule has 0 saturated carbocycles. The van der Waals surface area contributed by atoms with E-state index in [4.69, 9.17) is 0 Å². The van der Waals surface area contributed by atoms with Gasteiger partial charge in [-0.3, -0.25) is 6.08 Å². The van der Waals surface area contributed by atoms with Gasteiger partial charge in [-0.05, 0) is 0 Å². The molecule has 9 heavy (non-hydrogen) atoms. The zero-order chi connectivity index (χ0) is 4.41. The molecule has 0 fully saturated rings. The molecule has 0 atom stereocenters. The third-order valence-electron chi connectivity index (χ3n) is 0.867. The Bertz CT molecular complexity index is 105. The summed E-state index contributed by atoms with van der Waals surface area (Å²) in [5.74, 6) is 0. The second-order valence-corrected chi connectivity index (χ2v) is 1.47. The molecular weight excluding hydrogens is 516 g/mol. The first-order chi connectivity index (χ1) is 2.89. The van der Waals surface area contributed by atoms with Crippen molar-refractivity contribution in [3.8, 4) is 0 Å². The fourth-order valence-electron chi connectivity index (χ4n) is 0.515. The molecule has 54 valence electrons. The van der Waals surface area contributed by atoms with E-state index in [1.807, 2.05) is 0 Å². The molecule has 0 aliphatic heterocycles. The van der Waals surface area contributed by atoms with Crippen molar-refractivity contribution in [3.05, 3.63) is 23.8 Å². The van der Waals surface area contributed by atoms with Crippen LogP contribution in [-0.4, -0.2) is 0 Å². The van der Waals surface area contributed by atoms with Crippen molar-refractivity contribution in [2.24, 2.45) is 0 Å². The van der Waals surface area contributed by atoms with Crippen molar-refractivity contribution in [2.45, 2.75) is 13.3 Å². The normalized spacial score (nSPS) is 12.3. The summed E-state index contributed by atoms with van der Waals surface area (Å²) < 4.78 is 0. The third-order valence-corrected chi connectivity index (χ3v) is 0.867. The smallest absolute Gasteiger partial charge is 1.00 e. The molecule has 0 bridgehead atoms. The van der Waals surface area contributed by atoms with E-state index >= 15 is 0 Å². The molecule has 0 saturated heterocycles. The molecule has 0 N–H and O–H groups in total. The molecule has 0 unspecified atom stereocenters. The number of halogens is 2. The Morgan fingerprint density at radius 2 is 2.00 bits per heavy atom. The van der Waals surface area contributed by atoms with Gasteiger partial charge < -0.3 is 48.0 Å². The minimum atomic E-state index is 0. The Balaban J connectivity index is -0.000000120. The van der Waals surface area contributed by atoms with Crippen LogP contribution in [0, 0.1) is 6.08 Å². The Morgan fingerprint density at radius 3 is 2.11 bits per heavy atom. The topological polar surface area (TPSA) is 0 Å². The molecule has 0 aromatic rings. The third kappa shape index (κ3) is 7.47. The van der Waals surface area contributed by atoms with E-state index in [0.29, 0.717) is 0 Å². The van der Waals surface area contributed by atoms with Crippen LogP contribution in [0.4, 0.5) is 0 Å². The minimum Gasteiger partial charge on any atom is -1.00 e. The number of hydrogen-bond donors (Lipinski definition) is 0. The molecule has 0 radical (unpaired) electrons. The van der Waals surface area contributed by atoms with Gasteiger partial charge in [0.25, 0.3) is 0 Å². The summed E-state index contributed by atoms with van der Waals surface area (Å²) in [5.41, 5.74) is 1.27. The summed E-state index contributed by atoms with van der Waals surface area (Å²) in [6.07, 6.45) is 8.33. The molecule has 1 aliphatic rings. The van der Waals surface area contributed by atoms with Gasteiger partial charge in [-0.15, -0.1) is 6.42 Å². The van der Waals surface area contributed by atoms with E-state index in [1.54, 1.807) is 0 Å². The summed E-state index contributed by atoms with van der Waals surface area (Å²) in [4.78, 5) is 0. The van der Waals surface area contributed by atoms with Crippen molar-refractivity contribution in [1.29, 1.82) is 0 Å². The molecule has 0 nitrogen and oxygen atoms in total. The molecule has 0 spiro atoms. The zero-order valence-corrected chi connectivity index (χ0v) is 11.8. The van der Waals surface area contributed by atoms with Crippen LogP contribution >= 0.6 is 0 Å². The van der Waals surface area contributed by atoms with Crippen molar-refractivity contribution < 1.29 is 67.7 Å². The van der Waals surface area contributed by atoms with Gasteiger partial charge in [-0.25, -0.2) is 11.6 Å². The summed E-state index contributed by atoms with van der Waals surface area (Å²) >= 11 is 0. The number of rotatable bonds is 0. The fourth-order valence-corrected chi connectivity index (χ4v) is 0.515. The van der Waals surface area contributed by atoms with E-state index in [1.165, 1.54) is 5.57 Å². The summed E-state index contributed by atoms with van der Waals surface area (Å²) in [6, 6.07) is 0. The monoisotopic (exact) mass is 525 g/mol. The predicted molar refractivity (Wildman–Crippen MR) is 26.2 cm³/mol. The minimum absolute atomic E-state index is 0. The first-order valence-corrected chi connectivity index (χ1v) is 2.13. The van der Waals surface area contributed by atoms with Gasteiger partial charge >= 0.3 is 19.8 Å². The second kappa shape index (κ2) is 9.58.